The van der Waals surface area contributed by atoms with E-state index in [2.05, 4.69) is 15.3 Å². The Kier molecular flexibility index (Phi) is 4.87. The predicted octanol–water partition coefficient (Wildman–Crippen LogP) is 1.45. The van der Waals surface area contributed by atoms with Gasteiger partial charge in [0, 0.05) is 37.9 Å². The van der Waals surface area contributed by atoms with E-state index in [1.807, 2.05) is 4.90 Å². The minimum atomic E-state index is -0.427. The fourth-order valence-corrected chi connectivity index (χ4v) is 2.65. The number of carbonyl (C=O) groups is 2. The van der Waals surface area contributed by atoms with E-state index in [1.54, 1.807) is 24.0 Å². The van der Waals surface area contributed by atoms with Crippen LogP contribution in [0.2, 0.25) is 0 Å². The molecule has 0 unspecified atom stereocenters. The zero-order chi connectivity index (χ0) is 17.8. The number of nitrogens with one attached hydrogen (secondary N) is 1. The van der Waals surface area contributed by atoms with Gasteiger partial charge in [0.05, 0.1) is 0 Å². The molecule has 2 amide bonds. The van der Waals surface area contributed by atoms with Gasteiger partial charge in [0.15, 0.2) is 0 Å². The maximum atomic E-state index is 13.2. The van der Waals surface area contributed by atoms with Crippen LogP contribution in [-0.2, 0) is 4.79 Å². The topological polar surface area (TPSA) is 78.4 Å². The van der Waals surface area contributed by atoms with Crippen LogP contribution >= 0.6 is 0 Å². The summed E-state index contributed by atoms with van der Waals surface area (Å²) in [4.78, 5) is 35.5. The van der Waals surface area contributed by atoms with Gasteiger partial charge in [-0.15, -0.1) is 0 Å². The van der Waals surface area contributed by atoms with Gasteiger partial charge in [-0.2, -0.15) is 0 Å². The monoisotopic (exact) mass is 343 g/mol. The number of aryl methyl sites for hydroxylation is 1. The molecule has 0 aliphatic carbocycles. The molecular formula is C17H18FN5O2. The van der Waals surface area contributed by atoms with Crippen molar-refractivity contribution in [2.45, 2.75) is 6.92 Å². The van der Waals surface area contributed by atoms with Crippen molar-refractivity contribution in [3.8, 4) is 0 Å². The van der Waals surface area contributed by atoms with Crippen LogP contribution in [0.25, 0.3) is 0 Å². The third-order valence-corrected chi connectivity index (χ3v) is 3.93. The van der Waals surface area contributed by atoms with Gasteiger partial charge in [-0.25, -0.2) is 14.4 Å². The quantitative estimate of drug-likeness (QED) is 0.850. The maximum absolute atomic E-state index is 13.2. The molecule has 7 nitrogen and oxygen atoms in total. The lowest BCUT2D eigenvalue weighted by atomic mass is 10.2. The summed E-state index contributed by atoms with van der Waals surface area (Å²) in [5.41, 5.74) is 0.576. The van der Waals surface area contributed by atoms with Gasteiger partial charge in [0.25, 0.3) is 5.91 Å². The fourth-order valence-electron chi connectivity index (χ4n) is 2.65. The second-order valence-corrected chi connectivity index (χ2v) is 5.75. The summed E-state index contributed by atoms with van der Waals surface area (Å²) in [5, 5.41) is 2.63. The highest BCUT2D eigenvalue weighted by atomic mass is 19.1. The summed E-state index contributed by atoms with van der Waals surface area (Å²) >= 11 is 0. The molecule has 1 aliphatic heterocycles. The zero-order valence-electron chi connectivity index (χ0n) is 13.8. The van der Waals surface area contributed by atoms with E-state index in [0.717, 1.165) is 6.41 Å². The van der Waals surface area contributed by atoms with Crippen molar-refractivity contribution in [2.24, 2.45) is 0 Å². The maximum Gasteiger partial charge on any atom is 0.274 e. The van der Waals surface area contributed by atoms with Crippen LogP contribution in [0.15, 0.2) is 30.3 Å². The Morgan fingerprint density at radius 2 is 1.96 bits per heavy atom. The van der Waals surface area contributed by atoms with Gasteiger partial charge in [0.2, 0.25) is 6.41 Å². The predicted molar refractivity (Wildman–Crippen MR) is 91.0 cm³/mol. The lowest BCUT2D eigenvalue weighted by Gasteiger charge is -2.33. The molecule has 130 valence electrons. The summed E-state index contributed by atoms with van der Waals surface area (Å²) in [6.07, 6.45) is 0.834. The van der Waals surface area contributed by atoms with Crippen molar-refractivity contribution < 1.29 is 14.0 Å². The molecule has 2 aromatic rings. The SMILES string of the molecule is Cc1nc(C(=O)Nc2cccc(F)c2)cc(N2CCN(C=O)CC2)n1. The van der Waals surface area contributed by atoms with Crippen molar-refractivity contribution >= 4 is 23.8 Å². The Morgan fingerprint density at radius 1 is 1.20 bits per heavy atom. The van der Waals surface area contributed by atoms with Crippen molar-refractivity contribution in [1.29, 1.82) is 0 Å². The molecule has 2 heterocycles. The smallest absolute Gasteiger partial charge is 0.274 e. The Hall–Kier alpha value is -3.03. The van der Waals surface area contributed by atoms with E-state index < -0.39 is 11.7 Å². The number of amides is 2. The summed E-state index contributed by atoms with van der Waals surface area (Å²) in [6.45, 7) is 4.21. The van der Waals surface area contributed by atoms with Crippen LogP contribution in [0, 0.1) is 12.7 Å². The molecule has 0 radical (unpaired) electrons. The first-order valence-electron chi connectivity index (χ1n) is 7.92. The van der Waals surface area contributed by atoms with E-state index in [4.69, 9.17) is 0 Å². The molecule has 1 aliphatic rings. The van der Waals surface area contributed by atoms with Crippen LogP contribution in [0.1, 0.15) is 16.3 Å². The lowest BCUT2D eigenvalue weighted by molar-refractivity contribution is -0.118. The number of piperazine rings is 1. The van der Waals surface area contributed by atoms with Crippen molar-refractivity contribution in [2.75, 3.05) is 36.4 Å². The average molecular weight is 343 g/mol. The number of rotatable bonds is 4. The Morgan fingerprint density at radius 3 is 2.64 bits per heavy atom. The molecule has 8 heteroatoms. The number of halogens is 1. The summed E-state index contributed by atoms with van der Waals surface area (Å²) in [7, 11) is 0. The average Bonchev–Trinajstić information content (AvgIpc) is 2.61. The van der Waals surface area contributed by atoms with E-state index >= 15 is 0 Å². The highest BCUT2D eigenvalue weighted by Crippen LogP contribution is 2.16. The van der Waals surface area contributed by atoms with Crippen LogP contribution in [-0.4, -0.2) is 53.4 Å². The largest absolute Gasteiger partial charge is 0.353 e. The number of hydrogen-bond donors (Lipinski definition) is 1. The number of hydrogen-bond acceptors (Lipinski definition) is 5. The normalized spacial score (nSPS) is 14.3. The first-order chi connectivity index (χ1) is 12.0. The first kappa shape index (κ1) is 16.8. The van der Waals surface area contributed by atoms with Crippen LogP contribution in [0.5, 0.6) is 0 Å². The molecule has 0 saturated carbocycles. The molecule has 1 aromatic carbocycles. The first-order valence-corrected chi connectivity index (χ1v) is 7.92. The molecule has 0 bridgehead atoms. The molecule has 0 atom stereocenters. The van der Waals surface area contributed by atoms with Crippen molar-refractivity contribution in [3.63, 3.8) is 0 Å². The molecule has 3 rings (SSSR count). The Bertz CT molecular complexity index is 790. The molecule has 1 N–H and O–H groups in total. The van der Waals surface area contributed by atoms with Gasteiger partial charge in [-0.1, -0.05) is 6.07 Å². The molecular weight excluding hydrogens is 325 g/mol. The van der Waals surface area contributed by atoms with E-state index in [0.29, 0.717) is 43.5 Å². The van der Waals surface area contributed by atoms with Crippen LogP contribution in [0.4, 0.5) is 15.9 Å². The van der Waals surface area contributed by atoms with Crippen LogP contribution < -0.4 is 10.2 Å². The number of benzene rings is 1. The molecule has 25 heavy (non-hydrogen) atoms. The lowest BCUT2D eigenvalue weighted by Crippen LogP contribution is -2.46. The second kappa shape index (κ2) is 7.25. The molecule has 1 saturated heterocycles. The van der Waals surface area contributed by atoms with E-state index in [1.165, 1.54) is 18.2 Å². The third kappa shape index (κ3) is 4.09. The highest BCUT2D eigenvalue weighted by Gasteiger charge is 2.19. The fraction of sp³-hybridized carbons (Fsp3) is 0.294. The Balaban J connectivity index is 1.77. The van der Waals surface area contributed by atoms with Crippen LogP contribution in [0.3, 0.4) is 0 Å². The van der Waals surface area contributed by atoms with Crippen molar-refractivity contribution in [1.82, 2.24) is 14.9 Å². The van der Waals surface area contributed by atoms with E-state index in [9.17, 15) is 14.0 Å². The minimum Gasteiger partial charge on any atom is -0.353 e. The molecule has 0 spiro atoms. The second-order valence-electron chi connectivity index (χ2n) is 5.75. The summed E-state index contributed by atoms with van der Waals surface area (Å²) in [6, 6.07) is 7.29. The number of aromatic nitrogens is 2. The van der Waals surface area contributed by atoms with Gasteiger partial charge < -0.3 is 15.1 Å². The number of anilines is 2. The van der Waals surface area contributed by atoms with Crippen molar-refractivity contribution in [3.05, 3.63) is 47.7 Å². The van der Waals surface area contributed by atoms with Gasteiger partial charge in [-0.3, -0.25) is 9.59 Å². The third-order valence-electron chi connectivity index (χ3n) is 3.93. The summed E-state index contributed by atoms with van der Waals surface area (Å²) in [5.74, 6) is 0.261. The van der Waals surface area contributed by atoms with Gasteiger partial charge in [-0.05, 0) is 25.1 Å². The van der Waals surface area contributed by atoms with E-state index in [-0.39, 0.29) is 5.69 Å². The van der Waals surface area contributed by atoms with Gasteiger partial charge >= 0.3 is 0 Å². The standard InChI is InChI=1S/C17H18FN5O2/c1-12-19-15(17(25)21-14-4-2-3-13(18)9-14)10-16(20-12)23-7-5-22(11-24)6-8-23/h2-4,9-11H,5-8H2,1H3,(H,21,25). The minimum absolute atomic E-state index is 0.213. The Labute approximate surface area is 144 Å². The zero-order valence-corrected chi connectivity index (χ0v) is 13.8. The number of carbonyl (C=O) groups excluding carboxylic acids is 2. The van der Waals surface area contributed by atoms with Gasteiger partial charge in [0.1, 0.15) is 23.2 Å². The highest BCUT2D eigenvalue weighted by molar-refractivity contribution is 6.03. The molecule has 1 aromatic heterocycles. The summed E-state index contributed by atoms with van der Waals surface area (Å²) < 4.78 is 13.2. The number of nitrogens with zero attached hydrogens (tertiary/aromatic N) is 4. The molecule has 1 fully saturated rings.